The van der Waals surface area contributed by atoms with Crippen LogP contribution in [0.15, 0.2) is 82.8 Å². The second-order valence-corrected chi connectivity index (χ2v) is 8.80. The molecule has 0 fully saturated rings. The molecule has 3 rings (SSSR count). The molecule has 0 aromatic heterocycles. The molecule has 34 heavy (non-hydrogen) atoms. The lowest BCUT2D eigenvalue weighted by Crippen LogP contribution is -2.39. The van der Waals surface area contributed by atoms with E-state index in [0.29, 0.717) is 22.7 Å². The number of carbonyl (C=O) groups excluding carboxylic acids is 1. The molecule has 1 amide bonds. The summed E-state index contributed by atoms with van der Waals surface area (Å²) < 4.78 is 43.6. The zero-order valence-electron chi connectivity index (χ0n) is 19.0. The van der Waals surface area contributed by atoms with Crippen LogP contribution in [0.25, 0.3) is 0 Å². The van der Waals surface area contributed by atoms with Crippen molar-refractivity contribution in [2.24, 2.45) is 5.10 Å². The maximum atomic E-state index is 13.5. The summed E-state index contributed by atoms with van der Waals surface area (Å²) in [5, 5.41) is 3.93. The summed E-state index contributed by atoms with van der Waals surface area (Å²) in [5.74, 6) is 0.667. The Balaban J connectivity index is 1.85. The van der Waals surface area contributed by atoms with Crippen LogP contribution in [0, 0.1) is 0 Å². The van der Waals surface area contributed by atoms with Crippen molar-refractivity contribution in [3.8, 4) is 17.2 Å². The molecule has 0 spiro atoms. The first-order valence-electron chi connectivity index (χ1n) is 10.1. The standard InChI is InChI=1S/C24H25N3O6S/c1-31-20-11-7-8-18(14-20)16-25-26-24(28)17-27(19-9-5-4-6-10-19)34(29,30)21-12-13-22(32-2)23(15-21)33-3/h4-16H,17H2,1-3H3,(H,26,28)/b25-16-. The van der Waals surface area contributed by atoms with E-state index < -0.39 is 22.5 Å². The smallest absolute Gasteiger partial charge is 0.264 e. The van der Waals surface area contributed by atoms with Gasteiger partial charge in [0.05, 0.1) is 38.1 Å². The first kappa shape index (κ1) is 24.6. The summed E-state index contributed by atoms with van der Waals surface area (Å²) in [4.78, 5) is 12.6. The summed E-state index contributed by atoms with van der Waals surface area (Å²) in [5.41, 5.74) is 3.40. The maximum absolute atomic E-state index is 13.5. The Hall–Kier alpha value is -4.05. The third-order valence-corrected chi connectivity index (χ3v) is 6.54. The number of nitrogens with zero attached hydrogens (tertiary/aromatic N) is 2. The molecule has 0 unspecified atom stereocenters. The first-order chi connectivity index (χ1) is 16.4. The van der Waals surface area contributed by atoms with E-state index in [1.165, 1.54) is 38.6 Å². The number of hydrogen-bond donors (Lipinski definition) is 1. The molecule has 9 nitrogen and oxygen atoms in total. The molecule has 0 saturated carbocycles. The van der Waals surface area contributed by atoms with Gasteiger partial charge in [-0.3, -0.25) is 9.10 Å². The Morgan fingerprint density at radius 2 is 1.65 bits per heavy atom. The second-order valence-electron chi connectivity index (χ2n) is 6.93. The van der Waals surface area contributed by atoms with Crippen LogP contribution in [-0.2, 0) is 14.8 Å². The Morgan fingerprint density at radius 3 is 2.32 bits per heavy atom. The van der Waals surface area contributed by atoms with Gasteiger partial charge in [0.25, 0.3) is 15.9 Å². The lowest BCUT2D eigenvalue weighted by atomic mass is 10.2. The quantitative estimate of drug-likeness (QED) is 0.351. The summed E-state index contributed by atoms with van der Waals surface area (Å²) in [6, 6.07) is 19.7. The van der Waals surface area contributed by atoms with Crippen LogP contribution < -0.4 is 23.9 Å². The van der Waals surface area contributed by atoms with Crippen molar-refractivity contribution in [2.75, 3.05) is 32.2 Å². The molecule has 1 N–H and O–H groups in total. The number of para-hydroxylation sites is 1. The monoisotopic (exact) mass is 483 g/mol. The van der Waals surface area contributed by atoms with Crippen molar-refractivity contribution in [2.45, 2.75) is 4.90 Å². The molecule has 0 radical (unpaired) electrons. The minimum atomic E-state index is -4.12. The normalized spacial score (nSPS) is 11.1. The molecule has 0 aliphatic rings. The van der Waals surface area contributed by atoms with Gasteiger partial charge in [0, 0.05) is 6.07 Å². The summed E-state index contributed by atoms with van der Waals surface area (Å²) in [7, 11) is 0.297. The Morgan fingerprint density at radius 1 is 0.912 bits per heavy atom. The number of benzene rings is 3. The van der Waals surface area contributed by atoms with Crippen molar-refractivity contribution >= 4 is 27.8 Å². The molecule has 0 heterocycles. The zero-order chi connectivity index (χ0) is 24.6. The van der Waals surface area contributed by atoms with Crippen molar-refractivity contribution < 1.29 is 27.4 Å². The van der Waals surface area contributed by atoms with Crippen molar-refractivity contribution in [3.63, 3.8) is 0 Å². The highest BCUT2D eigenvalue weighted by Gasteiger charge is 2.28. The van der Waals surface area contributed by atoms with Crippen LogP contribution in [0.3, 0.4) is 0 Å². The van der Waals surface area contributed by atoms with E-state index >= 15 is 0 Å². The first-order valence-corrected chi connectivity index (χ1v) is 11.6. The van der Waals surface area contributed by atoms with E-state index in [0.717, 1.165) is 4.31 Å². The van der Waals surface area contributed by atoms with Gasteiger partial charge in [-0.2, -0.15) is 5.10 Å². The Labute approximate surface area is 198 Å². The molecule has 10 heteroatoms. The lowest BCUT2D eigenvalue weighted by molar-refractivity contribution is -0.119. The zero-order valence-corrected chi connectivity index (χ0v) is 19.8. The van der Waals surface area contributed by atoms with Gasteiger partial charge in [0.15, 0.2) is 11.5 Å². The predicted octanol–water partition coefficient (Wildman–Crippen LogP) is 3.06. The number of nitrogens with one attached hydrogen (secondary N) is 1. The highest BCUT2D eigenvalue weighted by atomic mass is 32.2. The number of sulfonamides is 1. The number of methoxy groups -OCH3 is 3. The minimum absolute atomic E-state index is 0.0540. The van der Waals surface area contributed by atoms with E-state index in [4.69, 9.17) is 14.2 Å². The largest absolute Gasteiger partial charge is 0.497 e. The lowest BCUT2D eigenvalue weighted by Gasteiger charge is -2.24. The molecule has 0 bridgehead atoms. The minimum Gasteiger partial charge on any atom is -0.497 e. The molecule has 0 atom stereocenters. The van der Waals surface area contributed by atoms with Crippen molar-refractivity contribution in [1.29, 1.82) is 0 Å². The van der Waals surface area contributed by atoms with Crippen LogP contribution in [0.1, 0.15) is 5.56 Å². The second kappa shape index (κ2) is 11.2. The molecule has 0 aliphatic heterocycles. The average molecular weight is 484 g/mol. The van der Waals surface area contributed by atoms with E-state index in [1.807, 2.05) is 0 Å². The SMILES string of the molecule is COc1cccc(/C=N\NC(=O)CN(c2ccccc2)S(=O)(=O)c2ccc(OC)c(OC)c2)c1. The van der Waals surface area contributed by atoms with E-state index in [-0.39, 0.29) is 10.6 Å². The molecule has 3 aromatic carbocycles. The van der Waals surface area contributed by atoms with Gasteiger partial charge in [-0.25, -0.2) is 13.8 Å². The van der Waals surface area contributed by atoms with E-state index in [2.05, 4.69) is 10.5 Å². The number of carbonyl (C=O) groups is 1. The summed E-state index contributed by atoms with van der Waals surface area (Å²) in [6.07, 6.45) is 1.44. The topological polar surface area (TPSA) is 107 Å². The van der Waals surface area contributed by atoms with Gasteiger partial charge in [-0.15, -0.1) is 0 Å². The third-order valence-electron chi connectivity index (χ3n) is 4.77. The number of hydrogen-bond acceptors (Lipinski definition) is 7. The van der Waals surface area contributed by atoms with Crippen LogP contribution in [-0.4, -0.2) is 48.4 Å². The van der Waals surface area contributed by atoms with Gasteiger partial charge in [0.2, 0.25) is 0 Å². The number of rotatable bonds is 10. The van der Waals surface area contributed by atoms with Crippen LogP contribution in [0.2, 0.25) is 0 Å². The Kier molecular flexibility index (Phi) is 8.10. The molecule has 3 aromatic rings. The third kappa shape index (κ3) is 5.84. The molecular formula is C24H25N3O6S. The molecular weight excluding hydrogens is 458 g/mol. The molecule has 0 aliphatic carbocycles. The van der Waals surface area contributed by atoms with Gasteiger partial charge in [-0.1, -0.05) is 30.3 Å². The van der Waals surface area contributed by atoms with Gasteiger partial charge in [0.1, 0.15) is 12.3 Å². The van der Waals surface area contributed by atoms with Crippen LogP contribution >= 0.6 is 0 Å². The summed E-state index contributed by atoms with van der Waals surface area (Å²) >= 11 is 0. The Bertz CT molecular complexity index is 1260. The highest BCUT2D eigenvalue weighted by molar-refractivity contribution is 7.92. The van der Waals surface area contributed by atoms with Crippen LogP contribution in [0.4, 0.5) is 5.69 Å². The predicted molar refractivity (Wildman–Crippen MR) is 129 cm³/mol. The molecule has 0 saturated heterocycles. The van der Waals surface area contributed by atoms with Gasteiger partial charge in [-0.05, 0) is 42.0 Å². The number of hydrazone groups is 1. The van der Waals surface area contributed by atoms with Gasteiger partial charge >= 0.3 is 0 Å². The number of amides is 1. The average Bonchev–Trinajstić information content (AvgIpc) is 2.87. The van der Waals surface area contributed by atoms with E-state index in [9.17, 15) is 13.2 Å². The fraction of sp³-hybridized carbons (Fsp3) is 0.167. The fourth-order valence-corrected chi connectivity index (χ4v) is 4.52. The highest BCUT2D eigenvalue weighted by Crippen LogP contribution is 2.32. The summed E-state index contributed by atoms with van der Waals surface area (Å²) in [6.45, 7) is -0.490. The fourth-order valence-electron chi connectivity index (χ4n) is 3.08. The molecule has 178 valence electrons. The van der Waals surface area contributed by atoms with Gasteiger partial charge < -0.3 is 14.2 Å². The number of ether oxygens (including phenoxy) is 3. The number of anilines is 1. The van der Waals surface area contributed by atoms with Crippen LogP contribution in [0.5, 0.6) is 17.2 Å². The van der Waals surface area contributed by atoms with E-state index in [1.54, 1.807) is 61.7 Å². The van der Waals surface area contributed by atoms with Crippen molar-refractivity contribution in [1.82, 2.24) is 5.43 Å². The van der Waals surface area contributed by atoms with Crippen molar-refractivity contribution in [3.05, 3.63) is 78.4 Å². The maximum Gasteiger partial charge on any atom is 0.264 e.